The summed E-state index contributed by atoms with van der Waals surface area (Å²) >= 11 is 0. The highest BCUT2D eigenvalue weighted by molar-refractivity contribution is 5.59. The Morgan fingerprint density at radius 2 is 2.31 bits per heavy atom. The molecule has 0 aliphatic carbocycles. The predicted octanol–water partition coefficient (Wildman–Crippen LogP) is -0.0822. The Morgan fingerprint density at radius 1 is 1.38 bits per heavy atom. The van der Waals surface area contributed by atoms with Crippen LogP contribution in [0.1, 0.15) is 11.3 Å². The second-order valence-electron chi connectivity index (χ2n) is 3.82. The summed E-state index contributed by atoms with van der Waals surface area (Å²) in [6.45, 7) is 1.80. The summed E-state index contributed by atoms with van der Waals surface area (Å²) in [6.07, 6.45) is 4.31. The van der Waals surface area contributed by atoms with Crippen molar-refractivity contribution in [1.82, 2.24) is 30.3 Å². The summed E-state index contributed by atoms with van der Waals surface area (Å²) in [6, 6.07) is 0. The molecule has 3 heterocycles. The van der Waals surface area contributed by atoms with E-state index in [4.69, 9.17) is 0 Å². The number of aromatic nitrogens is 5. The van der Waals surface area contributed by atoms with E-state index in [0.717, 1.165) is 36.6 Å². The molecular formula is C10H12N6. The summed E-state index contributed by atoms with van der Waals surface area (Å²) in [5, 5.41) is 11.1. The fourth-order valence-electron chi connectivity index (χ4n) is 2.00. The van der Waals surface area contributed by atoms with E-state index in [1.54, 1.807) is 17.2 Å². The highest BCUT2D eigenvalue weighted by Crippen LogP contribution is 2.23. The van der Waals surface area contributed by atoms with Crippen molar-refractivity contribution in [3.05, 3.63) is 23.8 Å². The minimum Gasteiger partial charge on any atom is -0.312 e. The van der Waals surface area contributed by atoms with E-state index >= 15 is 0 Å². The third-order valence-corrected chi connectivity index (χ3v) is 2.83. The van der Waals surface area contributed by atoms with Crippen molar-refractivity contribution in [2.45, 2.75) is 13.0 Å². The van der Waals surface area contributed by atoms with Crippen molar-refractivity contribution in [2.24, 2.45) is 7.05 Å². The average molecular weight is 216 g/mol. The molecular weight excluding hydrogens is 204 g/mol. The predicted molar refractivity (Wildman–Crippen MR) is 57.4 cm³/mol. The summed E-state index contributed by atoms with van der Waals surface area (Å²) in [4.78, 5) is 8.66. The SMILES string of the molecule is Cn1nncc1-c1ncnc2c1CNCC2. The van der Waals surface area contributed by atoms with Crippen molar-refractivity contribution >= 4 is 0 Å². The van der Waals surface area contributed by atoms with Gasteiger partial charge in [-0.3, -0.25) is 0 Å². The molecule has 6 nitrogen and oxygen atoms in total. The van der Waals surface area contributed by atoms with E-state index in [9.17, 15) is 0 Å². The molecule has 1 N–H and O–H groups in total. The molecule has 1 aliphatic rings. The monoisotopic (exact) mass is 216 g/mol. The molecule has 0 bridgehead atoms. The zero-order valence-corrected chi connectivity index (χ0v) is 9.01. The number of aryl methyl sites for hydroxylation is 1. The second-order valence-corrected chi connectivity index (χ2v) is 3.82. The van der Waals surface area contributed by atoms with Gasteiger partial charge in [0.15, 0.2) is 0 Å². The van der Waals surface area contributed by atoms with Gasteiger partial charge < -0.3 is 5.32 Å². The molecule has 2 aromatic rings. The molecule has 0 amide bonds. The minimum atomic E-state index is 0.816. The molecule has 82 valence electrons. The van der Waals surface area contributed by atoms with Crippen LogP contribution in [0.4, 0.5) is 0 Å². The van der Waals surface area contributed by atoms with Crippen LogP contribution in [-0.2, 0) is 20.0 Å². The first-order valence-electron chi connectivity index (χ1n) is 5.25. The van der Waals surface area contributed by atoms with Crippen LogP contribution in [0, 0.1) is 0 Å². The van der Waals surface area contributed by atoms with Crippen LogP contribution in [0.2, 0.25) is 0 Å². The van der Waals surface area contributed by atoms with Gasteiger partial charge in [-0.15, -0.1) is 5.10 Å². The lowest BCUT2D eigenvalue weighted by atomic mass is 10.0. The smallest absolute Gasteiger partial charge is 0.116 e. The van der Waals surface area contributed by atoms with E-state index in [1.807, 2.05) is 7.05 Å². The first-order valence-corrected chi connectivity index (χ1v) is 5.25. The third-order valence-electron chi connectivity index (χ3n) is 2.83. The lowest BCUT2D eigenvalue weighted by molar-refractivity contribution is 0.625. The highest BCUT2D eigenvalue weighted by atomic mass is 15.4. The van der Waals surface area contributed by atoms with E-state index in [1.165, 1.54) is 5.56 Å². The number of fused-ring (bicyclic) bond motifs is 1. The summed E-state index contributed by atoms with van der Waals surface area (Å²) < 4.78 is 1.73. The Hall–Kier alpha value is -1.82. The lowest BCUT2D eigenvalue weighted by Crippen LogP contribution is -2.25. The van der Waals surface area contributed by atoms with E-state index < -0.39 is 0 Å². The van der Waals surface area contributed by atoms with Gasteiger partial charge in [0.25, 0.3) is 0 Å². The van der Waals surface area contributed by atoms with Crippen LogP contribution >= 0.6 is 0 Å². The molecule has 1 aliphatic heterocycles. The van der Waals surface area contributed by atoms with Gasteiger partial charge in [-0.25, -0.2) is 14.6 Å². The van der Waals surface area contributed by atoms with E-state index in [0.29, 0.717) is 0 Å². The maximum atomic E-state index is 4.34. The van der Waals surface area contributed by atoms with Crippen molar-refractivity contribution < 1.29 is 0 Å². The second kappa shape index (κ2) is 3.64. The Bertz CT molecular complexity index is 518. The van der Waals surface area contributed by atoms with Crippen LogP contribution in [0.25, 0.3) is 11.4 Å². The van der Waals surface area contributed by atoms with Gasteiger partial charge in [0.05, 0.1) is 17.6 Å². The Morgan fingerprint density at radius 3 is 3.12 bits per heavy atom. The van der Waals surface area contributed by atoms with Crippen molar-refractivity contribution in [3.63, 3.8) is 0 Å². The number of nitrogens with zero attached hydrogens (tertiary/aromatic N) is 5. The Labute approximate surface area is 92.7 Å². The van der Waals surface area contributed by atoms with Crippen LogP contribution in [0.3, 0.4) is 0 Å². The van der Waals surface area contributed by atoms with Gasteiger partial charge in [-0.2, -0.15) is 0 Å². The van der Waals surface area contributed by atoms with Crippen molar-refractivity contribution in [1.29, 1.82) is 0 Å². The van der Waals surface area contributed by atoms with Crippen LogP contribution in [0.15, 0.2) is 12.5 Å². The van der Waals surface area contributed by atoms with Gasteiger partial charge in [0, 0.05) is 32.1 Å². The molecule has 2 aromatic heterocycles. The van der Waals surface area contributed by atoms with Crippen LogP contribution in [0.5, 0.6) is 0 Å². The lowest BCUT2D eigenvalue weighted by Gasteiger charge is -2.18. The van der Waals surface area contributed by atoms with Gasteiger partial charge in [-0.05, 0) is 0 Å². The average Bonchev–Trinajstić information content (AvgIpc) is 2.75. The maximum Gasteiger partial charge on any atom is 0.116 e. The number of hydrogen-bond acceptors (Lipinski definition) is 5. The molecule has 6 heteroatoms. The molecule has 0 spiro atoms. The Kier molecular flexibility index (Phi) is 2.14. The topological polar surface area (TPSA) is 68.5 Å². The van der Waals surface area contributed by atoms with Gasteiger partial charge in [-0.1, -0.05) is 5.21 Å². The maximum absolute atomic E-state index is 4.34. The molecule has 16 heavy (non-hydrogen) atoms. The standard InChI is InChI=1S/C10H12N6/c1-16-9(5-14-15-16)10-7-4-11-3-2-8(7)12-6-13-10/h5-6,11H,2-4H2,1H3. The molecule has 0 aromatic carbocycles. The quantitative estimate of drug-likeness (QED) is 0.722. The van der Waals surface area contributed by atoms with Crippen LogP contribution < -0.4 is 5.32 Å². The normalized spacial score (nSPS) is 14.8. The zero-order valence-electron chi connectivity index (χ0n) is 9.01. The minimum absolute atomic E-state index is 0.816. The third kappa shape index (κ3) is 1.38. The first-order chi connectivity index (χ1) is 7.86. The molecule has 3 rings (SSSR count). The van der Waals surface area contributed by atoms with Crippen molar-refractivity contribution in [3.8, 4) is 11.4 Å². The summed E-state index contributed by atoms with van der Waals surface area (Å²) in [7, 11) is 1.87. The molecule has 0 fully saturated rings. The van der Waals surface area contributed by atoms with Crippen molar-refractivity contribution in [2.75, 3.05) is 6.54 Å². The number of hydrogen-bond donors (Lipinski definition) is 1. The zero-order chi connectivity index (χ0) is 11.0. The molecule has 0 radical (unpaired) electrons. The Balaban J connectivity index is 2.18. The molecule has 0 unspecified atom stereocenters. The van der Waals surface area contributed by atoms with Gasteiger partial charge >= 0.3 is 0 Å². The summed E-state index contributed by atoms with van der Waals surface area (Å²) in [5.41, 5.74) is 4.16. The van der Waals surface area contributed by atoms with E-state index in [-0.39, 0.29) is 0 Å². The van der Waals surface area contributed by atoms with Crippen LogP contribution in [-0.4, -0.2) is 31.5 Å². The summed E-state index contributed by atoms with van der Waals surface area (Å²) in [5.74, 6) is 0. The molecule has 0 saturated carbocycles. The van der Waals surface area contributed by atoms with Gasteiger partial charge in [0.2, 0.25) is 0 Å². The molecule has 0 atom stereocenters. The highest BCUT2D eigenvalue weighted by Gasteiger charge is 2.18. The fourth-order valence-corrected chi connectivity index (χ4v) is 2.00. The largest absolute Gasteiger partial charge is 0.312 e. The van der Waals surface area contributed by atoms with Gasteiger partial charge in [0.1, 0.15) is 12.0 Å². The first kappa shape index (κ1) is 9.41. The number of rotatable bonds is 1. The fraction of sp³-hybridized carbons (Fsp3) is 0.400. The molecule has 0 saturated heterocycles. The number of nitrogens with one attached hydrogen (secondary N) is 1. The van der Waals surface area contributed by atoms with E-state index in [2.05, 4.69) is 25.6 Å².